The van der Waals surface area contributed by atoms with Crippen molar-refractivity contribution in [1.82, 2.24) is 9.13 Å². The summed E-state index contributed by atoms with van der Waals surface area (Å²) in [6.07, 6.45) is 1.94. The van der Waals surface area contributed by atoms with Gasteiger partial charge in [0.15, 0.2) is 4.80 Å². The van der Waals surface area contributed by atoms with Crippen LogP contribution in [0.1, 0.15) is 36.6 Å². The summed E-state index contributed by atoms with van der Waals surface area (Å²) in [6, 6.07) is 37.5. The van der Waals surface area contributed by atoms with Gasteiger partial charge < -0.3 is 9.30 Å². The molecule has 0 saturated heterocycles. The molecule has 238 valence electrons. The van der Waals surface area contributed by atoms with Gasteiger partial charge in [0.2, 0.25) is 0 Å². The van der Waals surface area contributed by atoms with E-state index in [9.17, 15) is 9.59 Å². The normalized spacial score (nSPS) is 14.5. The number of nitrogens with zero attached hydrogens (tertiary/aromatic N) is 3. The molecular weight excluding hydrogens is 638 g/mol. The van der Waals surface area contributed by atoms with Crippen LogP contribution in [0.15, 0.2) is 136 Å². The average molecular weight is 670 g/mol. The minimum atomic E-state index is -0.790. The van der Waals surface area contributed by atoms with Gasteiger partial charge >= 0.3 is 5.97 Å². The number of rotatable bonds is 7. The second kappa shape index (κ2) is 13.1. The van der Waals surface area contributed by atoms with Gasteiger partial charge in [-0.05, 0) is 67.8 Å². The zero-order valence-corrected chi connectivity index (χ0v) is 28.3. The Labute approximate surface area is 287 Å². The Hall–Kier alpha value is -5.24. The summed E-state index contributed by atoms with van der Waals surface area (Å²) >= 11 is 8.01. The standard InChI is InChI=1S/C40H32ClN3O3S/c1-4-47-39(46)35-26(3)42-40-44(37(35)31-17-11-12-18-32(31)41)38(45)34(48-40)24-29-23-33(27-13-7-5-8-14-27)43(30-21-19-25(2)20-22-30)36(29)28-15-9-6-10-16-28/h5-24,37H,4H2,1-3H3. The quantitative estimate of drug-likeness (QED) is 0.163. The summed E-state index contributed by atoms with van der Waals surface area (Å²) in [7, 11) is 0. The molecule has 2 aromatic heterocycles. The highest BCUT2D eigenvalue weighted by molar-refractivity contribution is 7.07. The largest absolute Gasteiger partial charge is 0.463 e. The molecule has 1 unspecified atom stereocenters. The molecule has 1 aliphatic rings. The van der Waals surface area contributed by atoms with E-state index in [1.807, 2.05) is 60.7 Å². The minimum Gasteiger partial charge on any atom is -0.463 e. The highest BCUT2D eigenvalue weighted by atomic mass is 35.5. The van der Waals surface area contributed by atoms with Gasteiger partial charge in [0.1, 0.15) is 6.04 Å². The third-order valence-corrected chi connectivity index (χ3v) is 9.77. The molecule has 0 N–H and O–H groups in total. The first-order valence-electron chi connectivity index (χ1n) is 15.7. The number of carbonyl (C=O) groups excluding carboxylic acids is 1. The number of esters is 1. The molecule has 6 nitrogen and oxygen atoms in total. The molecule has 4 aromatic carbocycles. The predicted molar refractivity (Wildman–Crippen MR) is 193 cm³/mol. The topological polar surface area (TPSA) is 65.6 Å². The fourth-order valence-electron chi connectivity index (χ4n) is 6.24. The second-order valence-electron chi connectivity index (χ2n) is 11.6. The summed E-state index contributed by atoms with van der Waals surface area (Å²) in [6.45, 7) is 5.80. The molecule has 0 spiro atoms. The fourth-order valence-corrected chi connectivity index (χ4v) is 7.52. The number of allylic oxidation sites excluding steroid dienone is 1. The maximum atomic E-state index is 14.5. The number of thiazole rings is 1. The van der Waals surface area contributed by atoms with Gasteiger partial charge in [-0.2, -0.15) is 0 Å². The molecule has 0 radical (unpaired) electrons. The fraction of sp³-hybridized carbons (Fsp3) is 0.125. The summed E-state index contributed by atoms with van der Waals surface area (Å²) in [4.78, 5) is 33.1. The van der Waals surface area contributed by atoms with E-state index >= 15 is 0 Å². The van der Waals surface area contributed by atoms with E-state index in [0.717, 1.165) is 33.8 Å². The Morgan fingerprint density at radius 2 is 1.54 bits per heavy atom. The monoisotopic (exact) mass is 669 g/mol. The van der Waals surface area contributed by atoms with Crippen molar-refractivity contribution in [3.63, 3.8) is 0 Å². The smallest absolute Gasteiger partial charge is 0.338 e. The van der Waals surface area contributed by atoms with Crippen molar-refractivity contribution in [2.45, 2.75) is 26.8 Å². The second-order valence-corrected chi connectivity index (χ2v) is 13.0. The third kappa shape index (κ3) is 5.65. The van der Waals surface area contributed by atoms with E-state index in [2.05, 4.69) is 66.1 Å². The number of ether oxygens (including phenoxy) is 1. The van der Waals surface area contributed by atoms with Crippen LogP contribution in [-0.4, -0.2) is 21.7 Å². The molecule has 3 heterocycles. The molecule has 1 aliphatic heterocycles. The maximum Gasteiger partial charge on any atom is 0.338 e. The van der Waals surface area contributed by atoms with Gasteiger partial charge in [-0.3, -0.25) is 9.36 Å². The maximum absolute atomic E-state index is 14.5. The van der Waals surface area contributed by atoms with Crippen molar-refractivity contribution in [2.24, 2.45) is 4.99 Å². The van der Waals surface area contributed by atoms with Crippen molar-refractivity contribution >= 4 is 35.0 Å². The molecule has 0 fully saturated rings. The zero-order chi connectivity index (χ0) is 33.4. The average Bonchev–Trinajstić information content (AvgIpc) is 3.62. The number of aryl methyl sites for hydroxylation is 1. The van der Waals surface area contributed by atoms with Crippen LogP contribution >= 0.6 is 22.9 Å². The van der Waals surface area contributed by atoms with Crippen LogP contribution in [0.5, 0.6) is 0 Å². The third-order valence-electron chi connectivity index (χ3n) is 8.44. The van der Waals surface area contributed by atoms with E-state index in [1.165, 1.54) is 16.9 Å². The lowest BCUT2D eigenvalue weighted by Gasteiger charge is -2.25. The summed E-state index contributed by atoms with van der Waals surface area (Å²) in [5.41, 5.74) is 8.21. The van der Waals surface area contributed by atoms with Crippen LogP contribution in [0.2, 0.25) is 5.02 Å². The molecule has 0 saturated carbocycles. The molecular formula is C40H32ClN3O3S. The molecule has 48 heavy (non-hydrogen) atoms. The van der Waals surface area contributed by atoms with Crippen molar-refractivity contribution in [1.29, 1.82) is 0 Å². The number of fused-ring (bicyclic) bond motifs is 1. The molecule has 0 amide bonds. The zero-order valence-electron chi connectivity index (χ0n) is 26.7. The first-order chi connectivity index (χ1) is 23.4. The Bertz CT molecular complexity index is 2370. The van der Waals surface area contributed by atoms with E-state index in [0.29, 0.717) is 31.2 Å². The highest BCUT2D eigenvalue weighted by Gasteiger charge is 2.34. The van der Waals surface area contributed by atoms with Crippen LogP contribution in [-0.2, 0) is 9.53 Å². The van der Waals surface area contributed by atoms with Crippen LogP contribution in [0.3, 0.4) is 0 Å². The Morgan fingerprint density at radius 3 is 2.21 bits per heavy atom. The van der Waals surface area contributed by atoms with E-state index in [1.54, 1.807) is 24.5 Å². The van der Waals surface area contributed by atoms with Crippen molar-refractivity contribution in [3.8, 4) is 28.2 Å². The van der Waals surface area contributed by atoms with Crippen molar-refractivity contribution in [2.75, 3.05) is 6.61 Å². The van der Waals surface area contributed by atoms with Gasteiger partial charge in [-0.1, -0.05) is 119 Å². The number of aromatic nitrogens is 2. The number of halogens is 1. The highest BCUT2D eigenvalue weighted by Crippen LogP contribution is 2.37. The number of carbonyl (C=O) groups is 1. The Kier molecular flexibility index (Phi) is 8.56. The lowest BCUT2D eigenvalue weighted by Crippen LogP contribution is -2.40. The van der Waals surface area contributed by atoms with Crippen molar-refractivity contribution in [3.05, 3.63) is 168 Å². The molecule has 0 bridgehead atoms. The lowest BCUT2D eigenvalue weighted by atomic mass is 9.96. The van der Waals surface area contributed by atoms with E-state index in [4.69, 9.17) is 21.3 Å². The van der Waals surface area contributed by atoms with Crippen LogP contribution in [0.4, 0.5) is 0 Å². The van der Waals surface area contributed by atoms with E-state index < -0.39 is 12.0 Å². The molecule has 8 heteroatoms. The van der Waals surface area contributed by atoms with Gasteiger partial charge in [-0.15, -0.1) is 0 Å². The van der Waals surface area contributed by atoms with E-state index in [-0.39, 0.29) is 12.2 Å². The first kappa shape index (κ1) is 31.4. The number of hydrogen-bond acceptors (Lipinski definition) is 5. The summed E-state index contributed by atoms with van der Waals surface area (Å²) < 4.78 is 9.77. The van der Waals surface area contributed by atoms with Crippen LogP contribution < -0.4 is 14.9 Å². The Balaban J connectivity index is 1.52. The number of benzene rings is 4. The van der Waals surface area contributed by atoms with Gasteiger partial charge in [0.05, 0.1) is 33.8 Å². The molecule has 0 aliphatic carbocycles. The summed E-state index contributed by atoms with van der Waals surface area (Å²) in [5.74, 6) is -0.521. The first-order valence-corrected chi connectivity index (χ1v) is 16.9. The predicted octanol–water partition coefficient (Wildman–Crippen LogP) is 7.88. The molecule has 1 atom stereocenters. The number of hydrogen-bond donors (Lipinski definition) is 0. The van der Waals surface area contributed by atoms with Crippen LogP contribution in [0, 0.1) is 6.92 Å². The van der Waals surface area contributed by atoms with Gasteiger partial charge in [0, 0.05) is 16.3 Å². The van der Waals surface area contributed by atoms with Gasteiger partial charge in [-0.25, -0.2) is 9.79 Å². The minimum absolute atomic E-state index is 0.194. The lowest BCUT2D eigenvalue weighted by molar-refractivity contribution is -0.139. The molecule has 7 rings (SSSR count). The Morgan fingerprint density at radius 1 is 0.896 bits per heavy atom. The SMILES string of the molecule is CCOC(=O)C1=C(C)N=c2sc(=Cc3cc(-c4ccccc4)n(-c4ccc(C)cc4)c3-c3ccccc3)c(=O)n2C1c1ccccc1Cl. The van der Waals surface area contributed by atoms with Crippen molar-refractivity contribution < 1.29 is 9.53 Å². The molecule has 6 aromatic rings. The van der Waals surface area contributed by atoms with Gasteiger partial charge in [0.25, 0.3) is 5.56 Å². The van der Waals surface area contributed by atoms with Crippen LogP contribution in [0.25, 0.3) is 34.3 Å². The summed E-state index contributed by atoms with van der Waals surface area (Å²) in [5, 5.41) is 0.447.